The lowest BCUT2D eigenvalue weighted by Gasteiger charge is -2.40. The lowest BCUT2D eigenvalue weighted by Crippen LogP contribution is -2.42. The molecule has 0 aliphatic carbocycles. The van der Waals surface area contributed by atoms with Gasteiger partial charge in [0.25, 0.3) is 0 Å². The Labute approximate surface area is 118 Å². The van der Waals surface area contributed by atoms with Crippen LogP contribution >= 0.6 is 0 Å². The molecule has 0 spiro atoms. The van der Waals surface area contributed by atoms with Crippen molar-refractivity contribution in [2.75, 3.05) is 13.1 Å². The summed E-state index contributed by atoms with van der Waals surface area (Å²) in [5.74, 6) is -1.53. The summed E-state index contributed by atoms with van der Waals surface area (Å²) in [6.07, 6.45) is -5.45. The van der Waals surface area contributed by atoms with Crippen LogP contribution in [-0.2, 0) is 19.0 Å². The predicted molar refractivity (Wildman–Crippen MR) is 65.6 cm³/mol. The molecule has 1 heterocycles. The van der Waals surface area contributed by atoms with Crippen molar-refractivity contribution in [3.63, 3.8) is 0 Å². The number of hydrogen-bond acceptors (Lipinski definition) is 3. The van der Waals surface area contributed by atoms with Crippen molar-refractivity contribution in [1.29, 1.82) is 5.26 Å². The number of aliphatic hydroxyl groups is 1. The minimum atomic E-state index is -4.97. The van der Waals surface area contributed by atoms with Crippen molar-refractivity contribution in [2.45, 2.75) is 18.7 Å². The van der Waals surface area contributed by atoms with Gasteiger partial charge in [-0.3, -0.25) is 0 Å². The van der Waals surface area contributed by atoms with Gasteiger partial charge in [0.15, 0.2) is 11.5 Å². The third-order valence-electron chi connectivity index (χ3n) is 3.29. The SMILES string of the molecule is N#Cc1ccc([N+]2([S-])CCC(O)C2)c(F)c1C(F)(F)F. The summed E-state index contributed by atoms with van der Waals surface area (Å²) < 4.78 is 52.3. The summed E-state index contributed by atoms with van der Waals surface area (Å²) in [5, 5.41) is 18.1. The Hall–Kier alpha value is -1.30. The number of rotatable bonds is 1. The Balaban J connectivity index is 2.61. The molecule has 1 aliphatic rings. The van der Waals surface area contributed by atoms with Gasteiger partial charge in [-0.15, -0.1) is 0 Å². The highest BCUT2D eigenvalue weighted by molar-refractivity contribution is 7.58. The van der Waals surface area contributed by atoms with Crippen LogP contribution in [0, 0.1) is 17.1 Å². The van der Waals surface area contributed by atoms with E-state index in [0.29, 0.717) is 6.42 Å². The van der Waals surface area contributed by atoms with Crippen molar-refractivity contribution >= 4 is 18.5 Å². The molecule has 1 aliphatic heterocycles. The second kappa shape index (κ2) is 4.91. The van der Waals surface area contributed by atoms with Gasteiger partial charge >= 0.3 is 6.18 Å². The minimum Gasteiger partial charge on any atom is -0.488 e. The fraction of sp³-hybridized carbons (Fsp3) is 0.417. The third kappa shape index (κ3) is 2.49. The first kappa shape index (κ1) is 15.1. The number of aliphatic hydroxyl groups excluding tert-OH is 1. The Bertz CT molecular complexity index is 584. The fourth-order valence-corrected chi connectivity index (χ4v) is 2.77. The van der Waals surface area contributed by atoms with Crippen molar-refractivity contribution in [2.24, 2.45) is 0 Å². The molecule has 1 fully saturated rings. The summed E-state index contributed by atoms with van der Waals surface area (Å²) in [6.45, 7) is 0.131. The Kier molecular flexibility index (Phi) is 3.71. The molecule has 0 aromatic heterocycles. The van der Waals surface area contributed by atoms with Crippen molar-refractivity contribution in [3.05, 3.63) is 29.1 Å². The Morgan fingerprint density at radius 1 is 1.40 bits per heavy atom. The van der Waals surface area contributed by atoms with Crippen LogP contribution in [-0.4, -0.2) is 24.3 Å². The molecule has 0 amide bonds. The van der Waals surface area contributed by atoms with Crippen LogP contribution in [0.15, 0.2) is 12.1 Å². The predicted octanol–water partition coefficient (Wildman–Crippen LogP) is 2.25. The molecule has 1 saturated heterocycles. The van der Waals surface area contributed by atoms with Gasteiger partial charge in [0, 0.05) is 12.5 Å². The van der Waals surface area contributed by atoms with Crippen LogP contribution in [0.1, 0.15) is 17.5 Å². The van der Waals surface area contributed by atoms with Crippen LogP contribution in [0.4, 0.5) is 23.2 Å². The third-order valence-corrected chi connectivity index (χ3v) is 3.82. The molecule has 0 saturated carbocycles. The van der Waals surface area contributed by atoms with E-state index in [1.54, 1.807) is 0 Å². The molecule has 1 N–H and O–H groups in total. The molecule has 8 heteroatoms. The summed E-state index contributed by atoms with van der Waals surface area (Å²) >= 11 is 5.15. The van der Waals surface area contributed by atoms with Crippen molar-refractivity contribution in [1.82, 2.24) is 3.89 Å². The number of nitriles is 1. The zero-order valence-corrected chi connectivity index (χ0v) is 10.9. The van der Waals surface area contributed by atoms with Crippen LogP contribution in [0.25, 0.3) is 0 Å². The number of hydrogen-bond donors (Lipinski definition) is 1. The molecular formula is C12H10F4N2OS. The second-order valence-electron chi connectivity index (χ2n) is 4.67. The molecule has 3 nitrogen and oxygen atoms in total. The molecule has 1 aromatic carbocycles. The normalized spacial score (nSPS) is 26.6. The van der Waals surface area contributed by atoms with Crippen molar-refractivity contribution < 1.29 is 22.7 Å². The monoisotopic (exact) mass is 306 g/mol. The Morgan fingerprint density at radius 3 is 2.50 bits per heavy atom. The van der Waals surface area contributed by atoms with E-state index in [9.17, 15) is 22.7 Å². The summed E-state index contributed by atoms with van der Waals surface area (Å²) in [4.78, 5) is 0. The standard InChI is InChI=1S/C12H10F4N2OS/c13-11-9(18(20)4-3-8(19)6-18)2-1-7(5-17)10(11)12(14,15)16/h1-2,8,19H,3-4,6H2. The molecule has 2 atom stereocenters. The quantitative estimate of drug-likeness (QED) is 0.492. The largest absolute Gasteiger partial charge is 0.488 e. The van der Waals surface area contributed by atoms with Gasteiger partial charge in [0.2, 0.25) is 0 Å². The van der Waals surface area contributed by atoms with Gasteiger partial charge in [-0.1, -0.05) is 0 Å². The highest BCUT2D eigenvalue weighted by Crippen LogP contribution is 2.40. The van der Waals surface area contributed by atoms with E-state index < -0.39 is 33.1 Å². The molecule has 1 aromatic rings. The molecule has 2 unspecified atom stereocenters. The van der Waals surface area contributed by atoms with E-state index in [1.807, 2.05) is 0 Å². The zero-order valence-electron chi connectivity index (χ0n) is 10.1. The first-order valence-electron chi connectivity index (χ1n) is 5.75. The lowest BCUT2D eigenvalue weighted by molar-refractivity contribution is -0.140. The molecule has 0 bridgehead atoms. The van der Waals surface area contributed by atoms with Gasteiger partial charge < -0.3 is 21.8 Å². The highest BCUT2D eigenvalue weighted by Gasteiger charge is 2.42. The summed E-state index contributed by atoms with van der Waals surface area (Å²) in [5.41, 5.74) is -2.70. The van der Waals surface area contributed by atoms with E-state index in [1.165, 1.54) is 6.07 Å². The topological polar surface area (TPSA) is 44.0 Å². The Morgan fingerprint density at radius 2 is 2.05 bits per heavy atom. The zero-order chi connectivity index (χ0) is 15.1. The average Bonchev–Trinajstić information content (AvgIpc) is 2.67. The van der Waals surface area contributed by atoms with Gasteiger partial charge in [0.1, 0.15) is 11.7 Å². The number of quaternary nitrogens is 1. The molecule has 0 radical (unpaired) electrons. The van der Waals surface area contributed by atoms with E-state index in [-0.39, 0.29) is 18.8 Å². The smallest absolute Gasteiger partial charge is 0.420 e. The maximum Gasteiger partial charge on any atom is 0.420 e. The first-order chi connectivity index (χ1) is 9.19. The number of nitrogens with zero attached hydrogens (tertiary/aromatic N) is 2. The van der Waals surface area contributed by atoms with Crippen LogP contribution in [0.3, 0.4) is 0 Å². The van der Waals surface area contributed by atoms with E-state index in [0.717, 1.165) is 12.1 Å². The van der Waals surface area contributed by atoms with E-state index in [4.69, 9.17) is 18.1 Å². The van der Waals surface area contributed by atoms with Crippen LogP contribution in [0.5, 0.6) is 0 Å². The van der Waals surface area contributed by atoms with E-state index in [2.05, 4.69) is 0 Å². The number of benzene rings is 1. The van der Waals surface area contributed by atoms with Gasteiger partial charge in [-0.25, -0.2) is 0 Å². The molecule has 2 rings (SSSR count). The van der Waals surface area contributed by atoms with Crippen LogP contribution in [0.2, 0.25) is 0 Å². The van der Waals surface area contributed by atoms with Gasteiger partial charge in [-0.05, 0) is 6.07 Å². The van der Waals surface area contributed by atoms with Gasteiger partial charge in [0.05, 0.1) is 24.7 Å². The van der Waals surface area contributed by atoms with Crippen LogP contribution < -0.4 is 3.89 Å². The molecular weight excluding hydrogens is 296 g/mol. The minimum absolute atomic E-state index is 0.0323. The number of halogens is 4. The average molecular weight is 306 g/mol. The highest BCUT2D eigenvalue weighted by atomic mass is 32.1. The maximum atomic E-state index is 14.2. The first-order valence-corrected chi connectivity index (χ1v) is 6.12. The molecule has 108 valence electrons. The summed E-state index contributed by atoms with van der Waals surface area (Å²) in [6, 6.07) is 3.34. The fourth-order valence-electron chi connectivity index (χ4n) is 2.35. The maximum absolute atomic E-state index is 14.2. The summed E-state index contributed by atoms with van der Waals surface area (Å²) in [7, 11) is 0. The van der Waals surface area contributed by atoms with E-state index >= 15 is 0 Å². The molecule has 20 heavy (non-hydrogen) atoms. The van der Waals surface area contributed by atoms with Crippen molar-refractivity contribution in [3.8, 4) is 6.07 Å². The number of alkyl halides is 3. The van der Waals surface area contributed by atoms with Gasteiger partial charge in [-0.2, -0.15) is 22.8 Å². The lowest BCUT2D eigenvalue weighted by atomic mass is 10.1. The second-order valence-corrected chi connectivity index (χ2v) is 5.37.